The number of hydrogen-bond acceptors (Lipinski definition) is 10. The van der Waals surface area contributed by atoms with E-state index in [0.717, 1.165) is 0 Å². The minimum atomic E-state index is -0.565. The van der Waals surface area contributed by atoms with Crippen LogP contribution in [0.1, 0.15) is 69.6 Å². The Morgan fingerprint density at radius 1 is 0.633 bits per heavy atom. The lowest BCUT2D eigenvalue weighted by Crippen LogP contribution is -2.05. The molecular weight excluding hydrogens is 400 g/mol. The molecule has 164 valence electrons. The molecule has 0 saturated heterocycles. The van der Waals surface area contributed by atoms with Crippen LogP contribution in [0.15, 0.2) is 12.1 Å². The highest BCUT2D eigenvalue weighted by molar-refractivity contribution is 5.93. The van der Waals surface area contributed by atoms with Crippen LogP contribution in [0.3, 0.4) is 0 Å². The average molecular weight is 424 g/mol. The first kappa shape index (κ1) is 24.3. The molecule has 0 saturated carbocycles. The Bertz CT molecular complexity index is 723. The second kappa shape index (κ2) is 12.7. The van der Waals surface area contributed by atoms with Gasteiger partial charge in [-0.1, -0.05) is 0 Å². The van der Waals surface area contributed by atoms with Gasteiger partial charge >= 0.3 is 23.9 Å². The van der Waals surface area contributed by atoms with Gasteiger partial charge in [0.1, 0.15) is 11.4 Å². The molecule has 2 heterocycles. The zero-order valence-corrected chi connectivity index (χ0v) is 17.1. The van der Waals surface area contributed by atoms with Crippen molar-refractivity contribution >= 4 is 23.9 Å². The standard InChI is InChI=1S/2C9H12N2O4/c2*1-3-14-8(12)6-5-7(11-10-6)9(13)15-4-2/h2*5H,3-4H2,1-2H3,(H,10,11). The number of esters is 4. The third-order valence-corrected chi connectivity index (χ3v) is 3.12. The van der Waals surface area contributed by atoms with Gasteiger partial charge in [0.2, 0.25) is 0 Å². The fraction of sp³-hybridized carbons (Fsp3) is 0.444. The van der Waals surface area contributed by atoms with Gasteiger partial charge in [-0.25, -0.2) is 19.2 Å². The van der Waals surface area contributed by atoms with Crippen molar-refractivity contribution in [2.24, 2.45) is 0 Å². The molecule has 0 aliphatic rings. The summed E-state index contributed by atoms with van der Waals surface area (Å²) in [6, 6.07) is 2.60. The van der Waals surface area contributed by atoms with Gasteiger partial charge in [-0.3, -0.25) is 10.2 Å². The van der Waals surface area contributed by atoms with Gasteiger partial charge in [-0.15, -0.1) is 0 Å². The molecule has 12 heteroatoms. The third-order valence-electron chi connectivity index (χ3n) is 3.12. The van der Waals surface area contributed by atoms with Gasteiger partial charge in [0.25, 0.3) is 0 Å². The highest BCUT2D eigenvalue weighted by Crippen LogP contribution is 2.04. The monoisotopic (exact) mass is 424 g/mol. The van der Waals surface area contributed by atoms with E-state index in [2.05, 4.69) is 20.4 Å². The number of nitrogens with one attached hydrogen (secondary N) is 2. The van der Waals surface area contributed by atoms with E-state index >= 15 is 0 Å². The van der Waals surface area contributed by atoms with Crippen molar-refractivity contribution in [1.82, 2.24) is 20.4 Å². The van der Waals surface area contributed by atoms with Crippen molar-refractivity contribution in [2.75, 3.05) is 26.4 Å². The first-order valence-corrected chi connectivity index (χ1v) is 9.17. The Kier molecular flexibility index (Phi) is 10.3. The highest BCUT2D eigenvalue weighted by Gasteiger charge is 2.16. The van der Waals surface area contributed by atoms with Crippen LogP contribution in [0.5, 0.6) is 0 Å². The van der Waals surface area contributed by atoms with Crippen molar-refractivity contribution in [1.29, 1.82) is 0 Å². The molecule has 2 aromatic heterocycles. The van der Waals surface area contributed by atoms with Crippen LogP contribution in [-0.2, 0) is 18.9 Å². The molecule has 12 nitrogen and oxygen atoms in total. The summed E-state index contributed by atoms with van der Waals surface area (Å²) in [5, 5.41) is 12.1. The predicted molar refractivity (Wildman–Crippen MR) is 101 cm³/mol. The topological polar surface area (TPSA) is 163 Å². The molecule has 0 radical (unpaired) electrons. The Hall–Kier alpha value is -3.70. The molecule has 0 amide bonds. The summed E-state index contributed by atoms with van der Waals surface area (Å²) in [5.41, 5.74) is 0.416. The summed E-state index contributed by atoms with van der Waals surface area (Å²) >= 11 is 0. The normalized spacial score (nSPS) is 9.73. The summed E-state index contributed by atoms with van der Waals surface area (Å²) in [6.45, 7) is 7.84. The van der Waals surface area contributed by atoms with Crippen molar-refractivity contribution in [3.63, 3.8) is 0 Å². The van der Waals surface area contributed by atoms with E-state index in [4.69, 9.17) is 18.9 Å². The number of nitrogens with zero attached hydrogens (tertiary/aromatic N) is 2. The molecule has 2 N–H and O–H groups in total. The molecule has 0 aromatic carbocycles. The summed E-state index contributed by atoms with van der Waals surface area (Å²) in [6.07, 6.45) is 0. The van der Waals surface area contributed by atoms with Gasteiger partial charge < -0.3 is 18.9 Å². The predicted octanol–water partition coefficient (Wildman–Crippen LogP) is 1.53. The van der Waals surface area contributed by atoms with Crippen LogP contribution in [0.2, 0.25) is 0 Å². The first-order chi connectivity index (χ1) is 14.4. The van der Waals surface area contributed by atoms with Crippen LogP contribution in [0, 0.1) is 0 Å². The quantitative estimate of drug-likeness (QED) is 0.469. The van der Waals surface area contributed by atoms with Crippen LogP contribution >= 0.6 is 0 Å². The summed E-state index contributed by atoms with van der Waals surface area (Å²) < 4.78 is 18.9. The molecule has 0 spiro atoms. The maximum Gasteiger partial charge on any atom is 0.358 e. The van der Waals surface area contributed by atoms with E-state index in [-0.39, 0.29) is 49.2 Å². The number of H-pyrrole nitrogens is 2. The molecule has 2 rings (SSSR count). The Morgan fingerprint density at radius 3 is 1.23 bits per heavy atom. The average Bonchev–Trinajstić information content (AvgIpc) is 3.39. The molecule has 0 aliphatic carbocycles. The van der Waals surface area contributed by atoms with Crippen LogP contribution < -0.4 is 0 Å². The second-order valence-corrected chi connectivity index (χ2v) is 5.22. The van der Waals surface area contributed by atoms with Gasteiger partial charge in [0, 0.05) is 12.1 Å². The smallest absolute Gasteiger partial charge is 0.358 e. The molecule has 0 aliphatic heterocycles. The van der Waals surface area contributed by atoms with Gasteiger partial charge in [0.05, 0.1) is 26.4 Å². The number of carbonyl (C=O) groups excluding carboxylic acids is 4. The van der Waals surface area contributed by atoms with Crippen LogP contribution in [0.25, 0.3) is 0 Å². The minimum absolute atomic E-state index is 0.0694. The maximum absolute atomic E-state index is 11.2. The molecule has 0 bridgehead atoms. The molecule has 30 heavy (non-hydrogen) atoms. The molecule has 0 fully saturated rings. The van der Waals surface area contributed by atoms with E-state index in [1.165, 1.54) is 12.1 Å². The van der Waals surface area contributed by atoms with Crippen molar-refractivity contribution in [3.8, 4) is 0 Å². The van der Waals surface area contributed by atoms with E-state index in [1.54, 1.807) is 27.7 Å². The molecule has 0 atom stereocenters. The lowest BCUT2D eigenvalue weighted by Gasteiger charge is -1.96. The zero-order valence-electron chi connectivity index (χ0n) is 17.1. The lowest BCUT2D eigenvalue weighted by molar-refractivity contribution is 0.0506. The van der Waals surface area contributed by atoms with Gasteiger partial charge in [0.15, 0.2) is 11.4 Å². The molecule has 0 unspecified atom stereocenters. The highest BCUT2D eigenvalue weighted by atomic mass is 16.5. The van der Waals surface area contributed by atoms with Gasteiger partial charge in [-0.2, -0.15) is 10.2 Å². The SMILES string of the molecule is CCOC(=O)c1cc(C(=O)OCC)[nH]n1.CCOC(=O)c1cc(C(=O)OCC)[nH]n1. The zero-order chi connectivity index (χ0) is 22.5. The fourth-order valence-corrected chi connectivity index (χ4v) is 1.89. The van der Waals surface area contributed by atoms with E-state index in [9.17, 15) is 19.2 Å². The fourth-order valence-electron chi connectivity index (χ4n) is 1.89. The molecule has 2 aromatic rings. The number of hydrogen-bond donors (Lipinski definition) is 2. The second-order valence-electron chi connectivity index (χ2n) is 5.22. The number of rotatable bonds is 8. The minimum Gasteiger partial charge on any atom is -0.461 e. The van der Waals surface area contributed by atoms with Gasteiger partial charge in [-0.05, 0) is 27.7 Å². The van der Waals surface area contributed by atoms with Crippen molar-refractivity contribution < 1.29 is 38.1 Å². The molecular formula is C18H24N4O8. The van der Waals surface area contributed by atoms with Crippen molar-refractivity contribution in [3.05, 3.63) is 34.9 Å². The van der Waals surface area contributed by atoms with E-state index < -0.39 is 23.9 Å². The third kappa shape index (κ3) is 7.37. The summed E-state index contributed by atoms with van der Waals surface area (Å²) in [5.74, 6) is -2.21. The largest absolute Gasteiger partial charge is 0.461 e. The Morgan fingerprint density at radius 2 is 0.933 bits per heavy atom. The Balaban J connectivity index is 0.000000300. The van der Waals surface area contributed by atoms with Crippen molar-refractivity contribution in [2.45, 2.75) is 27.7 Å². The van der Waals surface area contributed by atoms with E-state index in [0.29, 0.717) is 0 Å². The maximum atomic E-state index is 11.2. The first-order valence-electron chi connectivity index (χ1n) is 9.17. The van der Waals surface area contributed by atoms with E-state index in [1.807, 2.05) is 0 Å². The summed E-state index contributed by atoms with van der Waals surface area (Å²) in [7, 11) is 0. The number of aromatic amines is 2. The van der Waals surface area contributed by atoms with Crippen LogP contribution in [-0.4, -0.2) is 70.7 Å². The number of aromatic nitrogens is 4. The lowest BCUT2D eigenvalue weighted by atomic mass is 10.3. The number of carbonyl (C=O) groups is 4. The van der Waals surface area contributed by atoms with Crippen LogP contribution in [0.4, 0.5) is 0 Å². The Labute approximate surface area is 172 Å². The summed E-state index contributed by atoms with van der Waals surface area (Å²) in [4.78, 5) is 44.7. The number of ether oxygens (including phenoxy) is 4.